The van der Waals surface area contributed by atoms with Gasteiger partial charge in [-0.2, -0.15) is 0 Å². The third-order valence-electron chi connectivity index (χ3n) is 8.61. The van der Waals surface area contributed by atoms with Crippen molar-refractivity contribution in [3.05, 3.63) is 72.9 Å². The molecule has 10 heteroatoms. The molecule has 0 aromatic carbocycles. The Hall–Kier alpha value is -2.55. The number of phosphoric ester groups is 1. The van der Waals surface area contributed by atoms with Crippen LogP contribution < -0.4 is 5.32 Å². The number of hydrogen-bond acceptors (Lipinski definition) is 7. The van der Waals surface area contributed by atoms with Crippen LogP contribution in [-0.4, -0.2) is 54.3 Å². The van der Waals surface area contributed by atoms with Gasteiger partial charge in [-0.3, -0.25) is 18.6 Å². The van der Waals surface area contributed by atoms with Crippen molar-refractivity contribution < 1.29 is 37.9 Å². The monoisotopic (exact) mass is 792 g/mol. The van der Waals surface area contributed by atoms with Gasteiger partial charge in [0, 0.05) is 19.4 Å². The van der Waals surface area contributed by atoms with Gasteiger partial charge in [0.2, 0.25) is 5.91 Å². The minimum absolute atomic E-state index is 0.0662. The van der Waals surface area contributed by atoms with E-state index in [1.54, 1.807) is 0 Å². The smallest absolute Gasteiger partial charge is 0.463 e. The summed E-state index contributed by atoms with van der Waals surface area (Å²) in [6.07, 6.45) is 49.7. The van der Waals surface area contributed by atoms with Gasteiger partial charge in [-0.1, -0.05) is 138 Å². The molecule has 0 saturated carbocycles. The quantitative estimate of drug-likeness (QED) is 0.0243. The molecule has 3 N–H and O–H groups in total. The zero-order valence-electron chi connectivity index (χ0n) is 34.6. The number of rotatable bonds is 39. The van der Waals surface area contributed by atoms with Gasteiger partial charge in [0.25, 0.3) is 0 Å². The number of hydrogen-bond donors (Lipinski definition) is 3. The van der Waals surface area contributed by atoms with E-state index in [1.165, 1.54) is 51.4 Å². The number of carbonyl (C=O) groups is 2. The van der Waals surface area contributed by atoms with Gasteiger partial charge in [0.1, 0.15) is 12.7 Å². The third kappa shape index (κ3) is 42.4. The number of nitrogens with one attached hydrogen (secondary N) is 1. The Morgan fingerprint density at radius 3 is 1.49 bits per heavy atom. The first-order valence-electron chi connectivity index (χ1n) is 21.4. The summed E-state index contributed by atoms with van der Waals surface area (Å²) < 4.78 is 26.8. The highest BCUT2D eigenvalue weighted by atomic mass is 31.2. The average Bonchev–Trinajstić information content (AvgIpc) is 3.17. The molecule has 0 rings (SSSR count). The minimum atomic E-state index is -4.43. The largest absolute Gasteiger partial charge is 0.472 e. The fourth-order valence-electron chi connectivity index (χ4n) is 5.33. The van der Waals surface area contributed by atoms with Crippen molar-refractivity contribution in [2.75, 3.05) is 26.4 Å². The van der Waals surface area contributed by atoms with Gasteiger partial charge >= 0.3 is 13.8 Å². The van der Waals surface area contributed by atoms with E-state index in [-0.39, 0.29) is 32.1 Å². The van der Waals surface area contributed by atoms with E-state index >= 15 is 0 Å². The van der Waals surface area contributed by atoms with Crippen molar-refractivity contribution in [3.8, 4) is 0 Å². The Morgan fingerprint density at radius 2 is 0.982 bits per heavy atom. The van der Waals surface area contributed by atoms with Crippen LogP contribution in [0, 0.1) is 0 Å². The lowest BCUT2D eigenvalue weighted by molar-refractivity contribution is -0.147. The van der Waals surface area contributed by atoms with E-state index in [9.17, 15) is 24.2 Å². The van der Waals surface area contributed by atoms with Crippen LogP contribution in [0.4, 0.5) is 0 Å². The first-order chi connectivity index (χ1) is 26.8. The fourth-order valence-corrected chi connectivity index (χ4v) is 6.09. The molecule has 2 atom stereocenters. The number of carbonyl (C=O) groups excluding carboxylic acids is 2. The van der Waals surface area contributed by atoms with E-state index < -0.39 is 26.5 Å². The van der Waals surface area contributed by atoms with Crippen LogP contribution in [0.2, 0.25) is 0 Å². The second-order valence-electron chi connectivity index (χ2n) is 14.0. The number of ether oxygens (including phenoxy) is 1. The Kier molecular flexibility index (Phi) is 39.2. The number of aliphatic hydroxyl groups is 1. The number of unbranched alkanes of at least 4 members (excludes halogenated alkanes) is 14. The maximum absolute atomic E-state index is 12.1. The summed E-state index contributed by atoms with van der Waals surface area (Å²) in [7, 11) is -4.43. The average molecular weight is 792 g/mol. The molecule has 0 fully saturated rings. The van der Waals surface area contributed by atoms with E-state index in [2.05, 4.69) is 92.1 Å². The zero-order chi connectivity index (χ0) is 40.3. The van der Waals surface area contributed by atoms with E-state index in [1.807, 2.05) is 0 Å². The SMILES string of the molecule is CCCCC/C=C\C/C=C\C/C=C\C/C=C\CCCCCC(=O)OCC(O)COP(=O)(O)OCCNC(=O)CCCCCCC/C=C\C/C=C\CCCCC. The summed E-state index contributed by atoms with van der Waals surface area (Å²) in [4.78, 5) is 33.9. The van der Waals surface area contributed by atoms with E-state index in [0.717, 1.165) is 83.5 Å². The molecule has 0 spiro atoms. The molecule has 9 nitrogen and oxygen atoms in total. The number of esters is 1. The number of phosphoric acid groups is 1. The summed E-state index contributed by atoms with van der Waals surface area (Å²) in [6.45, 7) is 3.43. The number of allylic oxidation sites excluding steroid dienone is 12. The predicted molar refractivity (Wildman–Crippen MR) is 229 cm³/mol. The Labute approximate surface area is 335 Å². The molecule has 0 aliphatic carbocycles. The van der Waals surface area contributed by atoms with Crippen LogP contribution in [0.3, 0.4) is 0 Å². The third-order valence-corrected chi connectivity index (χ3v) is 9.59. The molecule has 55 heavy (non-hydrogen) atoms. The molecule has 0 aromatic heterocycles. The van der Waals surface area contributed by atoms with Crippen molar-refractivity contribution in [3.63, 3.8) is 0 Å². The number of aliphatic hydroxyl groups excluding tert-OH is 1. The van der Waals surface area contributed by atoms with Crippen LogP contribution in [-0.2, 0) is 27.9 Å². The molecule has 0 saturated heterocycles. The van der Waals surface area contributed by atoms with Crippen LogP contribution in [0.5, 0.6) is 0 Å². The van der Waals surface area contributed by atoms with Crippen molar-refractivity contribution in [1.29, 1.82) is 0 Å². The number of amides is 1. The molecule has 0 aliphatic rings. The Balaban J connectivity index is 3.70. The first-order valence-corrected chi connectivity index (χ1v) is 22.9. The molecular weight excluding hydrogens is 713 g/mol. The fraction of sp³-hybridized carbons (Fsp3) is 0.689. The highest BCUT2D eigenvalue weighted by Gasteiger charge is 2.23. The first kappa shape index (κ1) is 52.5. The lowest BCUT2D eigenvalue weighted by Gasteiger charge is -2.15. The van der Waals surface area contributed by atoms with Crippen LogP contribution >= 0.6 is 7.82 Å². The van der Waals surface area contributed by atoms with Crippen molar-refractivity contribution in [1.82, 2.24) is 5.32 Å². The summed E-state index contributed by atoms with van der Waals surface area (Å²) in [5, 5.41) is 12.7. The van der Waals surface area contributed by atoms with Gasteiger partial charge < -0.3 is 20.1 Å². The Morgan fingerprint density at radius 1 is 0.564 bits per heavy atom. The second kappa shape index (κ2) is 41.1. The van der Waals surface area contributed by atoms with Crippen molar-refractivity contribution in [2.45, 2.75) is 174 Å². The molecule has 1 amide bonds. The predicted octanol–water partition coefficient (Wildman–Crippen LogP) is 11.9. The molecule has 2 unspecified atom stereocenters. The summed E-state index contributed by atoms with van der Waals surface area (Å²) in [5.74, 6) is -0.567. The molecule has 0 radical (unpaired) electrons. The lowest BCUT2D eigenvalue weighted by Crippen LogP contribution is -2.27. The molecule has 0 aliphatic heterocycles. The standard InChI is InChI=1S/C45H78NO8P/c1-3-5-7-9-11-13-15-17-19-20-21-22-24-26-28-30-32-34-36-38-45(49)52-41-43(47)42-54-55(50,51)53-40-39-46-44(48)37-35-33-31-29-27-25-23-18-16-14-12-10-8-6-4-2/h11-14,17-19,21-23,26,28,43,47H,3-10,15-16,20,24-25,27,29-42H2,1-2H3,(H,46,48)(H,50,51)/b13-11-,14-12-,19-17-,22-21-,23-18-,28-26-. The topological polar surface area (TPSA) is 131 Å². The maximum Gasteiger partial charge on any atom is 0.472 e. The maximum atomic E-state index is 12.1. The van der Waals surface area contributed by atoms with Crippen molar-refractivity contribution in [2.24, 2.45) is 0 Å². The highest BCUT2D eigenvalue weighted by Crippen LogP contribution is 2.42. The molecule has 0 aromatic rings. The molecule has 0 bridgehead atoms. The summed E-state index contributed by atoms with van der Waals surface area (Å²) in [6, 6.07) is 0. The van der Waals surface area contributed by atoms with Gasteiger partial charge in [-0.15, -0.1) is 0 Å². The normalized spacial score (nSPS) is 14.0. The van der Waals surface area contributed by atoms with Gasteiger partial charge in [-0.05, 0) is 89.9 Å². The van der Waals surface area contributed by atoms with Crippen LogP contribution in [0.25, 0.3) is 0 Å². The summed E-state index contributed by atoms with van der Waals surface area (Å²) >= 11 is 0. The van der Waals surface area contributed by atoms with Crippen molar-refractivity contribution >= 4 is 19.7 Å². The van der Waals surface area contributed by atoms with E-state index in [0.29, 0.717) is 12.8 Å². The molecular formula is C45H78NO8P. The van der Waals surface area contributed by atoms with Gasteiger partial charge in [-0.25, -0.2) is 4.57 Å². The highest BCUT2D eigenvalue weighted by molar-refractivity contribution is 7.47. The lowest BCUT2D eigenvalue weighted by atomic mass is 10.1. The minimum Gasteiger partial charge on any atom is -0.463 e. The van der Waals surface area contributed by atoms with E-state index in [4.69, 9.17) is 13.8 Å². The van der Waals surface area contributed by atoms with Crippen LogP contribution in [0.15, 0.2) is 72.9 Å². The van der Waals surface area contributed by atoms with Crippen LogP contribution in [0.1, 0.15) is 168 Å². The Bertz CT molecular complexity index is 1130. The zero-order valence-corrected chi connectivity index (χ0v) is 35.5. The summed E-state index contributed by atoms with van der Waals surface area (Å²) in [5.41, 5.74) is 0. The van der Waals surface area contributed by atoms with Gasteiger partial charge in [0.05, 0.1) is 13.2 Å². The second-order valence-corrected chi connectivity index (χ2v) is 15.4. The molecule has 316 valence electrons. The molecule has 0 heterocycles. The van der Waals surface area contributed by atoms with Gasteiger partial charge in [0.15, 0.2) is 0 Å².